The van der Waals surface area contributed by atoms with E-state index in [9.17, 15) is 14.0 Å². The van der Waals surface area contributed by atoms with Crippen LogP contribution in [0, 0.1) is 5.82 Å². The average Bonchev–Trinajstić information content (AvgIpc) is 3.59. The second kappa shape index (κ2) is 8.70. The summed E-state index contributed by atoms with van der Waals surface area (Å²) in [6.07, 6.45) is 3.70. The quantitative estimate of drug-likeness (QED) is 0.395. The Bertz CT molecular complexity index is 1640. The van der Waals surface area contributed by atoms with Crippen LogP contribution in [0.15, 0.2) is 85.2 Å². The number of anilines is 1. The predicted molar refractivity (Wildman–Crippen MR) is 137 cm³/mol. The van der Waals surface area contributed by atoms with Crippen LogP contribution in [0.1, 0.15) is 40.0 Å². The van der Waals surface area contributed by atoms with Gasteiger partial charge in [-0.25, -0.2) is 9.07 Å². The highest BCUT2D eigenvalue weighted by atomic mass is 19.1. The first-order chi connectivity index (χ1) is 17.9. The number of halogens is 1. The van der Waals surface area contributed by atoms with Gasteiger partial charge in [-0.3, -0.25) is 14.3 Å². The first-order valence-electron chi connectivity index (χ1n) is 11.8. The van der Waals surface area contributed by atoms with Crippen molar-refractivity contribution in [2.45, 2.75) is 18.4 Å². The lowest BCUT2D eigenvalue weighted by Crippen LogP contribution is -2.28. The van der Waals surface area contributed by atoms with E-state index < -0.39 is 5.91 Å². The van der Waals surface area contributed by atoms with Gasteiger partial charge in [-0.2, -0.15) is 10.2 Å². The Kier molecular flexibility index (Phi) is 5.33. The second-order valence-electron chi connectivity index (χ2n) is 9.18. The number of nitrogens with zero attached hydrogens (tertiary/aromatic N) is 5. The molecule has 0 aliphatic carbocycles. The minimum atomic E-state index is -0.622. The van der Waals surface area contributed by atoms with Crippen LogP contribution in [-0.4, -0.2) is 31.4 Å². The Morgan fingerprint density at radius 2 is 1.76 bits per heavy atom. The Morgan fingerprint density at radius 3 is 2.49 bits per heavy atom. The van der Waals surface area contributed by atoms with E-state index in [1.54, 1.807) is 45.8 Å². The summed E-state index contributed by atoms with van der Waals surface area (Å²) >= 11 is 0. The average molecular weight is 495 g/mol. The Morgan fingerprint density at radius 1 is 1.03 bits per heavy atom. The number of aromatic nitrogens is 4. The van der Waals surface area contributed by atoms with Crippen molar-refractivity contribution < 1.29 is 14.0 Å². The van der Waals surface area contributed by atoms with E-state index in [2.05, 4.69) is 10.2 Å². The molecule has 5 aromatic rings. The smallest absolute Gasteiger partial charge is 0.269 e. The van der Waals surface area contributed by atoms with E-state index in [1.165, 1.54) is 12.1 Å². The lowest BCUT2D eigenvalue weighted by Gasteiger charge is -2.29. The maximum absolute atomic E-state index is 13.6. The van der Waals surface area contributed by atoms with E-state index in [-0.39, 0.29) is 35.8 Å². The number of primary amides is 1. The molecule has 0 radical (unpaired) electrons. The molecule has 1 aliphatic heterocycles. The van der Waals surface area contributed by atoms with Crippen LogP contribution in [-0.2, 0) is 11.8 Å². The maximum Gasteiger partial charge on any atom is 0.269 e. The molecule has 2 amide bonds. The van der Waals surface area contributed by atoms with Crippen LogP contribution in [0.4, 0.5) is 10.1 Å². The number of amides is 2. The number of carbonyl (C=O) groups is 2. The Balaban J connectivity index is 1.45. The molecule has 2 N–H and O–H groups in total. The topological polar surface area (TPSA) is 99.0 Å². The highest BCUT2D eigenvalue weighted by molar-refractivity contribution is 6.00. The van der Waals surface area contributed by atoms with Gasteiger partial charge in [0.1, 0.15) is 5.82 Å². The highest BCUT2D eigenvalue weighted by Crippen LogP contribution is 2.47. The van der Waals surface area contributed by atoms with Gasteiger partial charge < -0.3 is 10.6 Å². The zero-order chi connectivity index (χ0) is 25.7. The number of hydrogen-bond donors (Lipinski definition) is 1. The zero-order valence-electron chi connectivity index (χ0n) is 20.0. The van der Waals surface area contributed by atoms with E-state index in [4.69, 9.17) is 5.73 Å². The lowest BCUT2D eigenvalue weighted by atomic mass is 9.87. The molecule has 0 unspecified atom stereocenters. The van der Waals surface area contributed by atoms with Gasteiger partial charge in [0.2, 0.25) is 5.91 Å². The van der Waals surface area contributed by atoms with Gasteiger partial charge in [-0.05, 0) is 48.0 Å². The van der Waals surface area contributed by atoms with E-state index >= 15 is 0 Å². The molecule has 1 fully saturated rings. The van der Waals surface area contributed by atoms with Crippen LogP contribution in [0.2, 0.25) is 0 Å². The summed E-state index contributed by atoms with van der Waals surface area (Å²) in [7, 11) is 1.73. The molecular formula is C28H23FN6O2. The number of aryl methyl sites for hydroxylation is 1. The highest BCUT2D eigenvalue weighted by Gasteiger charge is 2.44. The molecule has 37 heavy (non-hydrogen) atoms. The van der Waals surface area contributed by atoms with Gasteiger partial charge >= 0.3 is 0 Å². The minimum Gasteiger partial charge on any atom is -0.364 e. The van der Waals surface area contributed by atoms with Gasteiger partial charge in [0, 0.05) is 42.2 Å². The van der Waals surface area contributed by atoms with E-state index in [1.807, 2.05) is 48.5 Å². The first-order valence-corrected chi connectivity index (χ1v) is 11.8. The van der Waals surface area contributed by atoms with Crippen molar-refractivity contribution in [1.29, 1.82) is 0 Å². The molecule has 9 heteroatoms. The van der Waals surface area contributed by atoms with Crippen LogP contribution >= 0.6 is 0 Å². The summed E-state index contributed by atoms with van der Waals surface area (Å²) in [4.78, 5) is 27.5. The third-order valence-corrected chi connectivity index (χ3v) is 6.85. The lowest BCUT2D eigenvalue weighted by molar-refractivity contribution is -0.117. The second-order valence-corrected chi connectivity index (χ2v) is 9.18. The molecule has 2 atom stereocenters. The summed E-state index contributed by atoms with van der Waals surface area (Å²) in [6, 6.07) is 21.2. The largest absolute Gasteiger partial charge is 0.364 e. The molecule has 6 rings (SSSR count). The molecule has 0 saturated carbocycles. The van der Waals surface area contributed by atoms with Crippen molar-refractivity contribution >= 4 is 28.4 Å². The molecule has 1 aliphatic rings. The van der Waals surface area contributed by atoms with Crippen LogP contribution in [0.5, 0.6) is 0 Å². The van der Waals surface area contributed by atoms with Crippen molar-refractivity contribution in [2.24, 2.45) is 12.8 Å². The van der Waals surface area contributed by atoms with Crippen molar-refractivity contribution in [3.8, 4) is 5.69 Å². The summed E-state index contributed by atoms with van der Waals surface area (Å²) in [6.45, 7) is 0. The molecule has 3 aromatic carbocycles. The number of hydrogen-bond acceptors (Lipinski definition) is 4. The normalized spacial score (nSPS) is 17.6. The van der Waals surface area contributed by atoms with Crippen molar-refractivity contribution in [3.63, 3.8) is 0 Å². The molecule has 3 heterocycles. The summed E-state index contributed by atoms with van der Waals surface area (Å²) in [5.41, 5.74) is 9.71. The standard InChI is InChI=1S/C28H23FN6O2/c1-33-16-23(26(32-33)28(30)37)22-14-25(36)34(27(22)17-5-3-2-4-6-17)21-11-12-24-18(13-21)15-31-35(24)20-9-7-19(29)8-10-20/h2-13,15-16,22,27H,14H2,1H3,(H2,30,37)/t22-,27-/m0/s1. The summed E-state index contributed by atoms with van der Waals surface area (Å²) in [5, 5.41) is 9.58. The molecule has 8 nitrogen and oxygen atoms in total. The summed E-state index contributed by atoms with van der Waals surface area (Å²) < 4.78 is 16.7. The molecule has 184 valence electrons. The number of fused-ring (bicyclic) bond motifs is 1. The number of rotatable bonds is 5. The van der Waals surface area contributed by atoms with Gasteiger partial charge in [0.15, 0.2) is 5.69 Å². The Hall–Kier alpha value is -4.79. The Labute approximate surface area is 211 Å². The van der Waals surface area contributed by atoms with Gasteiger partial charge in [-0.15, -0.1) is 0 Å². The minimum absolute atomic E-state index is 0.0663. The number of carbonyl (C=O) groups excluding carboxylic acids is 2. The molecule has 2 aromatic heterocycles. The SMILES string of the molecule is Cn1cc([C@@H]2CC(=O)N(c3ccc4c(cnn4-c4ccc(F)cc4)c3)[C@H]2c2ccccc2)c(C(N)=O)n1. The third kappa shape index (κ3) is 3.85. The van der Waals surface area contributed by atoms with Gasteiger partial charge in [0.25, 0.3) is 5.91 Å². The maximum atomic E-state index is 13.6. The van der Waals surface area contributed by atoms with E-state index in [0.717, 1.165) is 27.8 Å². The van der Waals surface area contributed by atoms with Crippen molar-refractivity contribution in [1.82, 2.24) is 19.6 Å². The van der Waals surface area contributed by atoms with Crippen molar-refractivity contribution in [2.75, 3.05) is 4.90 Å². The van der Waals surface area contributed by atoms with Gasteiger partial charge in [-0.1, -0.05) is 30.3 Å². The molecular weight excluding hydrogens is 471 g/mol. The zero-order valence-corrected chi connectivity index (χ0v) is 20.0. The predicted octanol–water partition coefficient (Wildman–Crippen LogP) is 4.26. The summed E-state index contributed by atoms with van der Waals surface area (Å²) in [5.74, 6) is -1.32. The molecule has 1 saturated heterocycles. The fraction of sp³-hybridized carbons (Fsp3) is 0.143. The number of nitrogens with two attached hydrogens (primary N) is 1. The molecule has 0 bridgehead atoms. The monoisotopic (exact) mass is 494 g/mol. The van der Waals surface area contributed by atoms with E-state index in [0.29, 0.717) is 5.56 Å². The van der Waals surface area contributed by atoms with Crippen molar-refractivity contribution in [3.05, 3.63) is 108 Å². The first kappa shape index (κ1) is 22.7. The fourth-order valence-electron chi connectivity index (χ4n) is 5.28. The van der Waals surface area contributed by atoms with Crippen LogP contribution in [0.25, 0.3) is 16.6 Å². The van der Waals surface area contributed by atoms with Gasteiger partial charge in [0.05, 0.1) is 23.4 Å². The molecule has 0 spiro atoms. The third-order valence-electron chi connectivity index (χ3n) is 6.85. The number of benzene rings is 3. The van der Waals surface area contributed by atoms with Crippen LogP contribution in [0.3, 0.4) is 0 Å². The fourth-order valence-corrected chi connectivity index (χ4v) is 5.28. The van der Waals surface area contributed by atoms with Crippen LogP contribution < -0.4 is 10.6 Å².